The average molecular weight is 406 g/mol. The standard InChI is InChI=1S/C21H19FN6O2/c1-3-15(20(29)30)18(13-6-8-14(22)9-7-13)19-24-17-5-4-10-28(17)21(25-19)23-16-11-12(2)26-27-16/h4-11H,3H2,1-2H3,(H,29,30)(H2,23,24,25,26,27). The molecule has 0 unspecified atom stereocenters. The highest BCUT2D eigenvalue weighted by Crippen LogP contribution is 2.29. The van der Waals surface area contributed by atoms with E-state index in [1.54, 1.807) is 23.6 Å². The van der Waals surface area contributed by atoms with Gasteiger partial charge in [0.25, 0.3) is 0 Å². The Morgan fingerprint density at radius 1 is 1.23 bits per heavy atom. The minimum Gasteiger partial charge on any atom is -0.478 e. The molecule has 3 aromatic heterocycles. The molecule has 0 spiro atoms. The Morgan fingerprint density at radius 3 is 2.63 bits per heavy atom. The van der Waals surface area contributed by atoms with Gasteiger partial charge < -0.3 is 10.4 Å². The van der Waals surface area contributed by atoms with Crippen molar-refractivity contribution in [2.75, 3.05) is 5.32 Å². The first-order valence-corrected chi connectivity index (χ1v) is 9.33. The summed E-state index contributed by atoms with van der Waals surface area (Å²) in [6.45, 7) is 3.62. The van der Waals surface area contributed by atoms with Crippen LogP contribution in [0, 0.1) is 12.7 Å². The van der Waals surface area contributed by atoms with E-state index >= 15 is 0 Å². The molecule has 30 heavy (non-hydrogen) atoms. The van der Waals surface area contributed by atoms with Gasteiger partial charge in [0.2, 0.25) is 5.95 Å². The quantitative estimate of drug-likeness (QED) is 0.419. The lowest BCUT2D eigenvalue weighted by Crippen LogP contribution is -2.11. The summed E-state index contributed by atoms with van der Waals surface area (Å²) in [5.74, 6) is -0.277. The van der Waals surface area contributed by atoms with Crippen LogP contribution in [0.5, 0.6) is 0 Å². The number of aryl methyl sites for hydroxylation is 1. The maximum absolute atomic E-state index is 13.5. The van der Waals surface area contributed by atoms with Crippen LogP contribution in [-0.4, -0.2) is 35.6 Å². The lowest BCUT2D eigenvalue weighted by Gasteiger charge is -2.14. The fourth-order valence-corrected chi connectivity index (χ4v) is 3.22. The molecule has 0 saturated carbocycles. The number of anilines is 2. The fourth-order valence-electron chi connectivity index (χ4n) is 3.22. The average Bonchev–Trinajstić information content (AvgIpc) is 3.35. The molecule has 152 valence electrons. The van der Waals surface area contributed by atoms with Crippen molar-refractivity contribution in [3.8, 4) is 0 Å². The van der Waals surface area contributed by atoms with Crippen LogP contribution in [0.25, 0.3) is 11.2 Å². The van der Waals surface area contributed by atoms with Crippen molar-refractivity contribution < 1.29 is 14.3 Å². The number of aliphatic carboxylic acids is 1. The molecule has 0 aliphatic carbocycles. The molecular formula is C21H19FN6O2. The Kier molecular flexibility index (Phi) is 5.01. The number of hydrogen-bond donors (Lipinski definition) is 3. The van der Waals surface area contributed by atoms with Gasteiger partial charge in [-0.15, -0.1) is 0 Å². The lowest BCUT2D eigenvalue weighted by atomic mass is 9.97. The Morgan fingerprint density at radius 2 is 2.00 bits per heavy atom. The number of carboxylic acid groups (broad SMARTS) is 1. The molecule has 4 aromatic rings. The van der Waals surface area contributed by atoms with E-state index in [1.807, 2.05) is 19.1 Å². The van der Waals surface area contributed by atoms with Crippen molar-refractivity contribution in [2.24, 2.45) is 0 Å². The predicted molar refractivity (Wildman–Crippen MR) is 110 cm³/mol. The van der Waals surface area contributed by atoms with E-state index in [0.29, 0.717) is 28.5 Å². The van der Waals surface area contributed by atoms with E-state index in [1.165, 1.54) is 24.3 Å². The molecule has 9 heteroatoms. The van der Waals surface area contributed by atoms with Crippen molar-refractivity contribution in [3.05, 3.63) is 77.1 Å². The van der Waals surface area contributed by atoms with Crippen molar-refractivity contribution >= 4 is 29.0 Å². The minimum atomic E-state index is -1.08. The molecule has 4 rings (SSSR count). The number of nitrogens with zero attached hydrogens (tertiary/aromatic N) is 4. The number of fused-ring (bicyclic) bond motifs is 1. The lowest BCUT2D eigenvalue weighted by molar-refractivity contribution is -0.132. The molecule has 8 nitrogen and oxygen atoms in total. The van der Waals surface area contributed by atoms with Gasteiger partial charge in [-0.2, -0.15) is 10.1 Å². The molecule has 0 amide bonds. The minimum absolute atomic E-state index is 0.138. The van der Waals surface area contributed by atoms with Gasteiger partial charge in [-0.05, 0) is 43.2 Å². The molecule has 0 saturated heterocycles. The number of H-pyrrole nitrogens is 1. The molecule has 0 aliphatic heterocycles. The summed E-state index contributed by atoms with van der Waals surface area (Å²) in [6.07, 6.45) is 2.04. The van der Waals surface area contributed by atoms with Gasteiger partial charge in [-0.1, -0.05) is 19.1 Å². The molecule has 0 fully saturated rings. The Hall–Kier alpha value is -4.01. The number of hydrogen-bond acceptors (Lipinski definition) is 5. The van der Waals surface area contributed by atoms with Crippen LogP contribution in [0.4, 0.5) is 16.2 Å². The number of nitrogens with one attached hydrogen (secondary N) is 2. The Balaban J connectivity index is 1.93. The third kappa shape index (κ3) is 3.64. The summed E-state index contributed by atoms with van der Waals surface area (Å²) < 4.78 is 15.2. The second-order valence-electron chi connectivity index (χ2n) is 6.69. The molecule has 1 aromatic carbocycles. The smallest absolute Gasteiger partial charge is 0.332 e. The Labute approximate surface area is 171 Å². The number of aromatic nitrogens is 5. The van der Waals surface area contributed by atoms with Crippen LogP contribution < -0.4 is 5.32 Å². The largest absolute Gasteiger partial charge is 0.478 e. The zero-order valence-electron chi connectivity index (χ0n) is 16.3. The molecule has 0 atom stereocenters. The summed E-state index contributed by atoms with van der Waals surface area (Å²) >= 11 is 0. The highest BCUT2D eigenvalue weighted by atomic mass is 19.1. The van der Waals surface area contributed by atoms with Crippen LogP contribution >= 0.6 is 0 Å². The van der Waals surface area contributed by atoms with Crippen LogP contribution in [0.1, 0.15) is 30.4 Å². The van der Waals surface area contributed by atoms with Crippen molar-refractivity contribution in [2.45, 2.75) is 20.3 Å². The monoisotopic (exact) mass is 406 g/mol. The molecule has 0 radical (unpaired) electrons. The van der Waals surface area contributed by atoms with E-state index in [-0.39, 0.29) is 17.8 Å². The summed E-state index contributed by atoms with van der Waals surface area (Å²) in [5, 5.41) is 19.9. The summed E-state index contributed by atoms with van der Waals surface area (Å²) in [4.78, 5) is 21.1. The zero-order valence-corrected chi connectivity index (χ0v) is 16.3. The summed E-state index contributed by atoms with van der Waals surface area (Å²) in [6, 6.07) is 11.0. The van der Waals surface area contributed by atoms with E-state index in [4.69, 9.17) is 0 Å². The Bertz CT molecular complexity index is 1260. The normalized spacial score (nSPS) is 12.1. The highest BCUT2D eigenvalue weighted by molar-refractivity contribution is 5.99. The van der Waals surface area contributed by atoms with Gasteiger partial charge in [0.1, 0.15) is 11.5 Å². The van der Waals surface area contributed by atoms with Gasteiger partial charge >= 0.3 is 5.97 Å². The molecule has 0 aliphatic rings. The molecule has 0 bridgehead atoms. The number of halogens is 1. The topological polar surface area (TPSA) is 108 Å². The second kappa shape index (κ2) is 7.78. The summed E-state index contributed by atoms with van der Waals surface area (Å²) in [7, 11) is 0. The van der Waals surface area contributed by atoms with Gasteiger partial charge in [0, 0.05) is 29.1 Å². The highest BCUT2D eigenvalue weighted by Gasteiger charge is 2.21. The van der Waals surface area contributed by atoms with Gasteiger partial charge in [0.05, 0.1) is 0 Å². The zero-order chi connectivity index (χ0) is 21.3. The van der Waals surface area contributed by atoms with E-state index in [2.05, 4.69) is 25.5 Å². The number of aromatic amines is 1. The van der Waals surface area contributed by atoms with Crippen LogP contribution in [0.3, 0.4) is 0 Å². The molecule has 3 heterocycles. The summed E-state index contributed by atoms with van der Waals surface area (Å²) in [5.41, 5.74) is 2.46. The van der Waals surface area contributed by atoms with Gasteiger partial charge in [-0.3, -0.25) is 9.50 Å². The first-order valence-electron chi connectivity index (χ1n) is 9.33. The molecule has 3 N–H and O–H groups in total. The number of carbonyl (C=O) groups is 1. The third-order valence-electron chi connectivity index (χ3n) is 4.60. The second-order valence-corrected chi connectivity index (χ2v) is 6.69. The van der Waals surface area contributed by atoms with Crippen molar-refractivity contribution in [3.63, 3.8) is 0 Å². The number of benzene rings is 1. The van der Waals surface area contributed by atoms with Crippen LogP contribution in [0.15, 0.2) is 54.2 Å². The third-order valence-corrected chi connectivity index (χ3v) is 4.60. The maximum Gasteiger partial charge on any atom is 0.332 e. The first kappa shape index (κ1) is 19.3. The van der Waals surface area contributed by atoms with Crippen molar-refractivity contribution in [1.82, 2.24) is 24.6 Å². The number of carboxylic acids is 1. The maximum atomic E-state index is 13.5. The first-order chi connectivity index (χ1) is 14.5. The van der Waals surface area contributed by atoms with Crippen molar-refractivity contribution in [1.29, 1.82) is 0 Å². The van der Waals surface area contributed by atoms with Gasteiger partial charge in [-0.25, -0.2) is 14.2 Å². The van der Waals surface area contributed by atoms with Gasteiger partial charge in [0.15, 0.2) is 11.6 Å². The SMILES string of the molecule is CCC(C(=O)O)=C(c1ccc(F)cc1)c1nc(Nc2cc(C)[nH]n2)n2cccc2n1. The molecular weight excluding hydrogens is 387 g/mol. The number of rotatable bonds is 6. The van der Waals surface area contributed by atoms with E-state index in [9.17, 15) is 14.3 Å². The van der Waals surface area contributed by atoms with Crippen LogP contribution in [0.2, 0.25) is 0 Å². The van der Waals surface area contributed by atoms with Crippen LogP contribution in [-0.2, 0) is 4.79 Å². The van der Waals surface area contributed by atoms with E-state index < -0.39 is 11.8 Å². The van der Waals surface area contributed by atoms with E-state index in [0.717, 1.165) is 5.69 Å². The predicted octanol–water partition coefficient (Wildman–Crippen LogP) is 3.94. The fraction of sp³-hybridized carbons (Fsp3) is 0.143.